The SMILES string of the molecule is CCC(CCN)OCC(C)(C)NC(=O)c1ccc2c(c1)C(COC(=O)ON1C(=O)CCC1=O)c1cc(C(=O)NC(C)(C)COC(CC)CCN)ccc1-2. The quantitative estimate of drug-likeness (QED) is 0.118. The zero-order chi connectivity index (χ0) is 38.9. The summed E-state index contributed by atoms with van der Waals surface area (Å²) in [5.41, 5.74) is 13.8. The number of nitrogens with one attached hydrogen (secondary N) is 2. The van der Waals surface area contributed by atoms with Crippen molar-refractivity contribution in [2.24, 2.45) is 11.5 Å². The number of fused-ring (bicyclic) bond motifs is 3. The van der Waals surface area contributed by atoms with Gasteiger partial charge in [0.1, 0.15) is 6.61 Å². The summed E-state index contributed by atoms with van der Waals surface area (Å²) in [5, 5.41) is 6.52. The molecule has 4 rings (SSSR count). The zero-order valence-electron chi connectivity index (χ0n) is 31.8. The van der Waals surface area contributed by atoms with E-state index in [0.29, 0.717) is 40.4 Å². The van der Waals surface area contributed by atoms with E-state index in [-0.39, 0.29) is 56.7 Å². The normalized spacial score (nSPS) is 16.5. The highest BCUT2D eigenvalue weighted by Crippen LogP contribution is 2.46. The number of rotatable bonds is 19. The van der Waals surface area contributed by atoms with Crippen LogP contribution in [0.25, 0.3) is 11.1 Å². The summed E-state index contributed by atoms with van der Waals surface area (Å²) in [6.07, 6.45) is 1.68. The van der Waals surface area contributed by atoms with E-state index in [1.165, 1.54) is 0 Å². The average molecular weight is 738 g/mol. The lowest BCUT2D eigenvalue weighted by Gasteiger charge is -2.29. The first kappa shape index (κ1) is 41.4. The number of carbonyl (C=O) groups excluding carboxylic acids is 5. The lowest BCUT2D eigenvalue weighted by molar-refractivity contribution is -0.177. The molecule has 1 aliphatic carbocycles. The summed E-state index contributed by atoms with van der Waals surface area (Å²) >= 11 is 0. The summed E-state index contributed by atoms with van der Waals surface area (Å²) in [5.74, 6) is -2.53. The molecule has 53 heavy (non-hydrogen) atoms. The lowest BCUT2D eigenvalue weighted by atomic mass is 9.95. The van der Waals surface area contributed by atoms with E-state index in [0.717, 1.165) is 36.8 Å². The number of hydrogen-bond acceptors (Lipinski definition) is 11. The number of hydrogen-bond donors (Lipinski definition) is 4. The molecule has 290 valence electrons. The molecule has 14 heteroatoms. The van der Waals surface area contributed by atoms with Crippen LogP contribution >= 0.6 is 0 Å². The van der Waals surface area contributed by atoms with Crippen LogP contribution in [0, 0.1) is 0 Å². The maximum absolute atomic E-state index is 13.6. The third-order valence-corrected chi connectivity index (χ3v) is 9.36. The Balaban J connectivity index is 1.57. The number of nitrogens with two attached hydrogens (primary N) is 2. The summed E-state index contributed by atoms with van der Waals surface area (Å²) in [4.78, 5) is 68.9. The van der Waals surface area contributed by atoms with Crippen molar-refractivity contribution in [2.45, 2.75) is 109 Å². The van der Waals surface area contributed by atoms with Gasteiger partial charge >= 0.3 is 6.16 Å². The van der Waals surface area contributed by atoms with Gasteiger partial charge in [-0.05, 0) is 113 Å². The van der Waals surface area contributed by atoms with Gasteiger partial charge in [0.15, 0.2) is 0 Å². The Labute approximate surface area is 311 Å². The van der Waals surface area contributed by atoms with Crippen molar-refractivity contribution in [3.05, 3.63) is 58.7 Å². The highest BCUT2D eigenvalue weighted by molar-refractivity contribution is 6.01. The van der Waals surface area contributed by atoms with Crippen LogP contribution in [-0.2, 0) is 28.6 Å². The van der Waals surface area contributed by atoms with Crippen LogP contribution in [0.3, 0.4) is 0 Å². The zero-order valence-corrected chi connectivity index (χ0v) is 31.8. The van der Waals surface area contributed by atoms with Gasteiger partial charge in [-0.2, -0.15) is 0 Å². The van der Waals surface area contributed by atoms with Gasteiger partial charge in [-0.1, -0.05) is 31.0 Å². The van der Waals surface area contributed by atoms with Crippen LogP contribution in [0.15, 0.2) is 36.4 Å². The summed E-state index contributed by atoms with van der Waals surface area (Å²) in [6.45, 7) is 12.9. The molecule has 0 radical (unpaired) electrons. The molecule has 1 heterocycles. The second-order valence-corrected chi connectivity index (χ2v) is 14.9. The molecular formula is C39H55N5O9. The smallest absolute Gasteiger partial charge is 0.432 e. The molecule has 1 saturated heterocycles. The second kappa shape index (κ2) is 18.1. The molecule has 0 bridgehead atoms. The Hall–Kier alpha value is -4.37. The molecule has 1 fully saturated rings. The molecule has 2 aromatic carbocycles. The average Bonchev–Trinajstić information content (AvgIpc) is 3.60. The van der Waals surface area contributed by atoms with Crippen LogP contribution in [0.5, 0.6) is 0 Å². The van der Waals surface area contributed by atoms with E-state index in [1.807, 2.05) is 53.7 Å². The first-order valence-corrected chi connectivity index (χ1v) is 18.4. The Morgan fingerprint density at radius 3 is 1.60 bits per heavy atom. The van der Waals surface area contributed by atoms with Crippen LogP contribution in [-0.4, -0.2) is 91.0 Å². The number of imide groups is 1. The first-order valence-electron chi connectivity index (χ1n) is 18.4. The fraction of sp³-hybridized carbons (Fsp3) is 0.564. The fourth-order valence-corrected chi connectivity index (χ4v) is 6.40. The number of hydroxylamine groups is 2. The van der Waals surface area contributed by atoms with E-state index < -0.39 is 35.0 Å². The molecule has 2 unspecified atom stereocenters. The predicted molar refractivity (Wildman–Crippen MR) is 198 cm³/mol. The molecule has 2 aliphatic rings. The van der Waals surface area contributed by atoms with Gasteiger partial charge in [0.25, 0.3) is 23.6 Å². The lowest BCUT2D eigenvalue weighted by Crippen LogP contribution is -2.47. The van der Waals surface area contributed by atoms with Gasteiger partial charge in [-0.3, -0.25) is 24.0 Å². The standard InChI is InChI=1S/C39H55N5O9/c1-7-26(15-17-40)51-22-38(3,4)42-35(47)24-9-11-28-29-12-10-25(36(48)43-39(5,6)23-52-27(8-2)16-18-41)20-31(29)32(30(28)19-24)21-50-37(49)53-44-33(45)13-14-34(44)46/h9-12,19-20,26-27,32H,7-8,13-18,21-23,40-41H2,1-6H3,(H,42,47)(H,43,48). The molecule has 0 aromatic heterocycles. The number of carbonyl (C=O) groups is 5. The highest BCUT2D eigenvalue weighted by atomic mass is 16.8. The Morgan fingerprint density at radius 1 is 0.774 bits per heavy atom. The number of benzene rings is 2. The van der Waals surface area contributed by atoms with Gasteiger partial charge in [-0.25, -0.2) is 4.79 Å². The van der Waals surface area contributed by atoms with E-state index in [2.05, 4.69) is 10.6 Å². The number of amides is 4. The van der Waals surface area contributed by atoms with Crippen molar-refractivity contribution in [3.63, 3.8) is 0 Å². The van der Waals surface area contributed by atoms with E-state index >= 15 is 0 Å². The summed E-state index contributed by atoms with van der Waals surface area (Å²) in [7, 11) is 0. The minimum Gasteiger partial charge on any atom is -0.432 e. The third kappa shape index (κ3) is 10.8. The molecule has 0 saturated carbocycles. The maximum atomic E-state index is 13.6. The predicted octanol–water partition coefficient (Wildman–Crippen LogP) is 4.32. The summed E-state index contributed by atoms with van der Waals surface area (Å²) in [6, 6.07) is 10.6. The Morgan fingerprint density at radius 2 is 1.21 bits per heavy atom. The largest absolute Gasteiger partial charge is 0.533 e. The van der Waals surface area contributed by atoms with Crippen LogP contribution in [0.4, 0.5) is 4.79 Å². The van der Waals surface area contributed by atoms with Gasteiger partial charge in [0.2, 0.25) is 0 Å². The van der Waals surface area contributed by atoms with Crippen molar-refractivity contribution < 1.29 is 43.0 Å². The highest BCUT2D eigenvalue weighted by Gasteiger charge is 2.36. The maximum Gasteiger partial charge on any atom is 0.533 e. The van der Waals surface area contributed by atoms with Crippen LogP contribution < -0.4 is 22.1 Å². The van der Waals surface area contributed by atoms with Crippen molar-refractivity contribution >= 4 is 29.8 Å². The minimum atomic E-state index is -1.23. The third-order valence-electron chi connectivity index (χ3n) is 9.36. The molecule has 6 N–H and O–H groups in total. The monoisotopic (exact) mass is 737 g/mol. The topological polar surface area (TPSA) is 202 Å². The molecule has 2 aromatic rings. The van der Waals surface area contributed by atoms with Gasteiger partial charge in [-0.15, -0.1) is 0 Å². The van der Waals surface area contributed by atoms with Gasteiger partial charge in [0.05, 0.1) is 36.5 Å². The van der Waals surface area contributed by atoms with Crippen molar-refractivity contribution in [2.75, 3.05) is 32.9 Å². The molecule has 2 atom stereocenters. The van der Waals surface area contributed by atoms with Crippen LogP contribution in [0.2, 0.25) is 0 Å². The molecule has 0 spiro atoms. The van der Waals surface area contributed by atoms with Crippen LogP contribution in [0.1, 0.15) is 118 Å². The van der Waals surface area contributed by atoms with Gasteiger partial charge < -0.3 is 36.3 Å². The first-order chi connectivity index (χ1) is 25.1. The summed E-state index contributed by atoms with van der Waals surface area (Å²) < 4.78 is 17.5. The number of nitrogens with zero attached hydrogens (tertiary/aromatic N) is 1. The van der Waals surface area contributed by atoms with Crippen molar-refractivity contribution in [1.29, 1.82) is 0 Å². The Kier molecular flexibility index (Phi) is 14.1. The van der Waals surface area contributed by atoms with E-state index in [1.54, 1.807) is 24.3 Å². The molecule has 14 nitrogen and oxygen atoms in total. The fourth-order valence-electron chi connectivity index (χ4n) is 6.40. The Bertz CT molecular complexity index is 1550. The number of ether oxygens (including phenoxy) is 3. The molecule has 1 aliphatic heterocycles. The van der Waals surface area contributed by atoms with Gasteiger partial charge in [0, 0.05) is 29.9 Å². The van der Waals surface area contributed by atoms with Crippen molar-refractivity contribution in [1.82, 2.24) is 15.7 Å². The molecular weight excluding hydrogens is 682 g/mol. The van der Waals surface area contributed by atoms with Crippen molar-refractivity contribution in [3.8, 4) is 11.1 Å². The molecule has 4 amide bonds. The second-order valence-electron chi connectivity index (χ2n) is 14.9. The minimum absolute atomic E-state index is 0.00930. The van der Waals surface area contributed by atoms with E-state index in [9.17, 15) is 24.0 Å². The van der Waals surface area contributed by atoms with E-state index in [4.69, 9.17) is 30.5 Å².